The van der Waals surface area contributed by atoms with E-state index in [9.17, 15) is 4.79 Å². The fourth-order valence-electron chi connectivity index (χ4n) is 3.94. The van der Waals surface area contributed by atoms with Crippen LogP contribution < -0.4 is 5.56 Å². The molecule has 2 N–H and O–H groups in total. The van der Waals surface area contributed by atoms with E-state index in [1.165, 1.54) is 17.8 Å². The Morgan fingerprint density at radius 1 is 1.43 bits per heavy atom. The topological polar surface area (TPSA) is 77.7 Å². The molecule has 0 aromatic carbocycles. The van der Waals surface area contributed by atoms with Gasteiger partial charge in [-0.05, 0) is 38.3 Å². The summed E-state index contributed by atoms with van der Waals surface area (Å²) < 4.78 is 0.697. The molecule has 5 heterocycles. The van der Waals surface area contributed by atoms with E-state index in [0.29, 0.717) is 4.70 Å². The molecule has 3 aromatic heterocycles. The van der Waals surface area contributed by atoms with Crippen molar-refractivity contribution in [1.82, 2.24) is 25.1 Å². The first-order valence-electron chi connectivity index (χ1n) is 7.97. The number of aromatic amines is 2. The molecule has 7 heteroatoms. The molecule has 5 rings (SSSR count). The Morgan fingerprint density at radius 3 is 3.04 bits per heavy atom. The molecule has 118 valence electrons. The van der Waals surface area contributed by atoms with Crippen molar-refractivity contribution in [3.8, 4) is 10.4 Å². The molecule has 0 radical (unpaired) electrons. The summed E-state index contributed by atoms with van der Waals surface area (Å²) in [6, 6.07) is 2.30. The molecular formula is C16H17N5OS. The second kappa shape index (κ2) is 4.75. The van der Waals surface area contributed by atoms with Crippen molar-refractivity contribution in [2.45, 2.75) is 25.8 Å². The van der Waals surface area contributed by atoms with Gasteiger partial charge < -0.3 is 4.98 Å². The molecule has 6 nitrogen and oxygen atoms in total. The number of piperidine rings is 1. The average Bonchev–Trinajstić information content (AvgIpc) is 3.29. The summed E-state index contributed by atoms with van der Waals surface area (Å²) in [5.41, 5.74) is 2.75. The van der Waals surface area contributed by atoms with Gasteiger partial charge in [0, 0.05) is 23.2 Å². The molecule has 3 unspecified atom stereocenters. The number of nitrogens with zero attached hydrogens (tertiary/aromatic N) is 3. The van der Waals surface area contributed by atoms with E-state index in [0.717, 1.165) is 52.9 Å². The van der Waals surface area contributed by atoms with Crippen molar-refractivity contribution >= 4 is 21.6 Å². The number of aryl methyl sites for hydroxylation is 1. The third kappa shape index (κ3) is 2.00. The highest BCUT2D eigenvalue weighted by Crippen LogP contribution is 2.41. The normalized spacial score (nSPS) is 26.4. The van der Waals surface area contributed by atoms with Crippen LogP contribution in [0.25, 0.3) is 20.7 Å². The first-order valence-corrected chi connectivity index (χ1v) is 8.79. The van der Waals surface area contributed by atoms with Crippen LogP contribution >= 0.6 is 11.3 Å². The number of hydrogen-bond acceptors (Lipinski definition) is 5. The molecule has 2 saturated heterocycles. The standard InChI is InChI=1S/C16H17N5OS/c1-8-10(6-17-20-8)13-5-11-14(23-13)16(22)19-15(18-11)12-4-9-2-3-21(12)7-9/h5-6,9,12H,2-4,7H2,1H3,(H,17,20)(H,18,19,22). The van der Waals surface area contributed by atoms with Gasteiger partial charge in [-0.3, -0.25) is 14.8 Å². The first kappa shape index (κ1) is 13.4. The van der Waals surface area contributed by atoms with Gasteiger partial charge in [-0.1, -0.05) is 0 Å². The maximum absolute atomic E-state index is 12.5. The summed E-state index contributed by atoms with van der Waals surface area (Å²) >= 11 is 1.48. The Bertz CT molecular complexity index is 955. The molecule has 23 heavy (non-hydrogen) atoms. The number of hydrogen-bond donors (Lipinski definition) is 2. The molecule has 2 fully saturated rings. The highest BCUT2D eigenvalue weighted by Gasteiger charge is 2.39. The van der Waals surface area contributed by atoms with Crippen LogP contribution in [0.15, 0.2) is 17.1 Å². The fraction of sp³-hybridized carbons (Fsp3) is 0.438. The second-order valence-electron chi connectivity index (χ2n) is 6.56. The summed E-state index contributed by atoms with van der Waals surface area (Å²) in [5, 5.41) is 7.03. The summed E-state index contributed by atoms with van der Waals surface area (Å²) in [7, 11) is 0. The smallest absolute Gasteiger partial charge is 0.268 e. The van der Waals surface area contributed by atoms with Crippen LogP contribution in [0.1, 0.15) is 30.4 Å². The maximum atomic E-state index is 12.5. The predicted molar refractivity (Wildman–Crippen MR) is 89.6 cm³/mol. The SMILES string of the molecule is Cc1n[nH]cc1-c1cc2nc(C3CC4CCN3C4)[nH]c(=O)c2s1. The fourth-order valence-corrected chi connectivity index (χ4v) is 5.00. The molecule has 2 aliphatic rings. The van der Waals surface area contributed by atoms with Gasteiger partial charge in [-0.15, -0.1) is 11.3 Å². The van der Waals surface area contributed by atoms with Gasteiger partial charge >= 0.3 is 0 Å². The van der Waals surface area contributed by atoms with E-state index in [-0.39, 0.29) is 11.6 Å². The van der Waals surface area contributed by atoms with Crippen LogP contribution in [0.4, 0.5) is 0 Å². The molecule has 0 amide bonds. The van der Waals surface area contributed by atoms with E-state index < -0.39 is 0 Å². The van der Waals surface area contributed by atoms with Crippen molar-refractivity contribution in [1.29, 1.82) is 0 Å². The highest BCUT2D eigenvalue weighted by atomic mass is 32.1. The summed E-state index contributed by atoms with van der Waals surface area (Å²) in [6.07, 6.45) is 4.27. The van der Waals surface area contributed by atoms with Gasteiger partial charge in [0.25, 0.3) is 5.56 Å². The number of fused-ring (bicyclic) bond motifs is 3. The Labute approximate surface area is 136 Å². The van der Waals surface area contributed by atoms with Crippen LogP contribution in [0.2, 0.25) is 0 Å². The average molecular weight is 327 g/mol. The number of H-pyrrole nitrogens is 2. The highest BCUT2D eigenvalue weighted by molar-refractivity contribution is 7.22. The van der Waals surface area contributed by atoms with Gasteiger partial charge in [0.05, 0.1) is 17.3 Å². The van der Waals surface area contributed by atoms with Crippen LogP contribution in [-0.2, 0) is 0 Å². The molecule has 2 aliphatic heterocycles. The largest absolute Gasteiger partial charge is 0.308 e. The van der Waals surface area contributed by atoms with Crippen LogP contribution in [-0.4, -0.2) is 38.2 Å². The number of aromatic nitrogens is 4. The molecule has 0 aliphatic carbocycles. The van der Waals surface area contributed by atoms with Crippen LogP contribution in [0.5, 0.6) is 0 Å². The first-order chi connectivity index (χ1) is 11.2. The summed E-state index contributed by atoms with van der Waals surface area (Å²) in [4.78, 5) is 23.8. The summed E-state index contributed by atoms with van der Waals surface area (Å²) in [5.74, 6) is 1.60. The van der Waals surface area contributed by atoms with Gasteiger partial charge in [0.15, 0.2) is 0 Å². The lowest BCUT2D eigenvalue weighted by Crippen LogP contribution is -2.26. The monoisotopic (exact) mass is 327 g/mol. The molecular weight excluding hydrogens is 310 g/mol. The van der Waals surface area contributed by atoms with Gasteiger partial charge in [0.2, 0.25) is 0 Å². The van der Waals surface area contributed by atoms with E-state index in [2.05, 4.69) is 20.1 Å². The number of nitrogens with one attached hydrogen (secondary N) is 2. The second-order valence-corrected chi connectivity index (χ2v) is 7.61. The predicted octanol–water partition coefficient (Wildman–Crippen LogP) is 2.45. The van der Waals surface area contributed by atoms with Crippen molar-refractivity contribution in [2.75, 3.05) is 13.1 Å². The van der Waals surface area contributed by atoms with Crippen molar-refractivity contribution in [3.05, 3.63) is 34.1 Å². The van der Waals surface area contributed by atoms with Crippen LogP contribution in [0.3, 0.4) is 0 Å². The maximum Gasteiger partial charge on any atom is 0.268 e. The van der Waals surface area contributed by atoms with Gasteiger partial charge in [-0.2, -0.15) is 5.10 Å². The van der Waals surface area contributed by atoms with Gasteiger partial charge in [0.1, 0.15) is 10.5 Å². The third-order valence-corrected chi connectivity index (χ3v) is 6.28. The van der Waals surface area contributed by atoms with E-state index in [1.807, 2.05) is 19.2 Å². The Balaban J connectivity index is 1.62. The quantitative estimate of drug-likeness (QED) is 0.758. The molecule has 0 saturated carbocycles. The van der Waals surface area contributed by atoms with Crippen molar-refractivity contribution in [2.24, 2.45) is 5.92 Å². The molecule has 0 spiro atoms. The zero-order valence-corrected chi connectivity index (χ0v) is 13.6. The zero-order valence-electron chi connectivity index (χ0n) is 12.8. The number of thiophene rings is 1. The Morgan fingerprint density at radius 2 is 2.35 bits per heavy atom. The minimum Gasteiger partial charge on any atom is -0.308 e. The Kier molecular flexibility index (Phi) is 2.78. The molecule has 2 bridgehead atoms. The minimum absolute atomic E-state index is 0.0219. The van der Waals surface area contributed by atoms with E-state index in [1.54, 1.807) is 0 Å². The Hall–Kier alpha value is -1.99. The van der Waals surface area contributed by atoms with E-state index in [4.69, 9.17) is 4.98 Å². The number of rotatable bonds is 2. The summed E-state index contributed by atoms with van der Waals surface area (Å²) in [6.45, 7) is 4.23. The van der Waals surface area contributed by atoms with Crippen molar-refractivity contribution < 1.29 is 0 Å². The van der Waals surface area contributed by atoms with Gasteiger partial charge in [-0.25, -0.2) is 4.98 Å². The third-order valence-electron chi connectivity index (χ3n) is 5.13. The lowest BCUT2D eigenvalue weighted by atomic mass is 10.00. The molecule has 3 aromatic rings. The lowest BCUT2D eigenvalue weighted by Gasteiger charge is -2.23. The van der Waals surface area contributed by atoms with Crippen molar-refractivity contribution in [3.63, 3.8) is 0 Å². The van der Waals surface area contributed by atoms with E-state index >= 15 is 0 Å². The zero-order chi connectivity index (χ0) is 15.6. The minimum atomic E-state index is -0.0219. The molecule has 3 atom stereocenters. The lowest BCUT2D eigenvalue weighted by molar-refractivity contribution is 0.256. The van der Waals surface area contributed by atoms with Crippen LogP contribution in [0, 0.1) is 12.8 Å².